The first-order valence-corrected chi connectivity index (χ1v) is 8.75. The summed E-state index contributed by atoms with van der Waals surface area (Å²) >= 11 is 3.41. The number of likely N-dealkylation sites (tertiary alicyclic amines) is 1. The number of halogens is 1. The van der Waals surface area contributed by atoms with Crippen LogP contribution in [0.1, 0.15) is 33.6 Å². The predicted molar refractivity (Wildman–Crippen MR) is 92.1 cm³/mol. The van der Waals surface area contributed by atoms with Crippen LogP contribution in [-0.2, 0) is 4.74 Å². The van der Waals surface area contributed by atoms with Gasteiger partial charge >= 0.3 is 6.09 Å². The van der Waals surface area contributed by atoms with Crippen molar-refractivity contribution in [3.63, 3.8) is 0 Å². The number of nitrogens with zero attached hydrogens (tertiary/aromatic N) is 4. The molecule has 1 saturated heterocycles. The van der Waals surface area contributed by atoms with E-state index in [-0.39, 0.29) is 12.2 Å². The lowest BCUT2D eigenvalue weighted by Crippen LogP contribution is -2.44. The van der Waals surface area contributed by atoms with E-state index < -0.39 is 5.60 Å². The van der Waals surface area contributed by atoms with Crippen molar-refractivity contribution >= 4 is 27.7 Å². The van der Waals surface area contributed by atoms with Crippen LogP contribution >= 0.6 is 15.9 Å². The van der Waals surface area contributed by atoms with Crippen LogP contribution in [0.25, 0.3) is 5.65 Å². The fourth-order valence-electron chi connectivity index (χ4n) is 2.54. The molecule has 0 radical (unpaired) electrons. The molecule has 7 nitrogen and oxygen atoms in total. The molecular weight excluding hydrogens is 376 g/mol. The summed E-state index contributed by atoms with van der Waals surface area (Å²) in [5.41, 5.74) is 0.251. The van der Waals surface area contributed by atoms with E-state index in [1.807, 2.05) is 27.0 Å². The molecule has 0 aliphatic carbocycles. The number of hydrogen-bond acceptors (Lipinski definition) is 5. The molecule has 0 unspecified atom stereocenters. The highest BCUT2D eigenvalue weighted by molar-refractivity contribution is 9.10. The fraction of sp³-hybridized carbons (Fsp3) is 0.562. The zero-order valence-electron chi connectivity index (χ0n) is 14.0. The summed E-state index contributed by atoms with van der Waals surface area (Å²) in [7, 11) is 0. The summed E-state index contributed by atoms with van der Waals surface area (Å²) in [6, 6.07) is 1.80. The first-order chi connectivity index (χ1) is 11.3. The van der Waals surface area contributed by atoms with E-state index in [1.54, 1.807) is 21.7 Å². The molecule has 8 heteroatoms. The van der Waals surface area contributed by atoms with Gasteiger partial charge in [0.05, 0.1) is 10.7 Å². The molecule has 24 heavy (non-hydrogen) atoms. The Morgan fingerprint density at radius 3 is 2.71 bits per heavy atom. The molecule has 3 rings (SSSR count). The molecule has 0 bridgehead atoms. The molecule has 0 spiro atoms. The number of carbonyl (C=O) groups is 1. The lowest BCUT2D eigenvalue weighted by molar-refractivity contribution is 0.0123. The van der Waals surface area contributed by atoms with E-state index in [0.717, 1.165) is 23.0 Å². The number of hydrogen-bond donors (Lipinski definition) is 0. The standard InChI is InChI=1S/C16H21BrN4O3/c1-16(2,3)24-15(22)20-7-4-11(5-8-20)23-13-6-9-21-14(19-13)12(17)10-18-21/h6,9-11H,4-5,7-8H2,1-3H3. The maximum absolute atomic E-state index is 12.1. The maximum atomic E-state index is 12.1. The average molecular weight is 397 g/mol. The van der Waals surface area contributed by atoms with E-state index in [1.165, 1.54) is 0 Å². The Kier molecular flexibility index (Phi) is 4.67. The van der Waals surface area contributed by atoms with Crippen molar-refractivity contribution in [3.8, 4) is 5.88 Å². The molecule has 1 fully saturated rings. The van der Waals surface area contributed by atoms with E-state index in [0.29, 0.717) is 19.0 Å². The van der Waals surface area contributed by atoms with Crippen LogP contribution in [0.2, 0.25) is 0 Å². The number of fused-ring (bicyclic) bond motifs is 1. The third-order valence-electron chi connectivity index (χ3n) is 3.68. The number of aromatic nitrogens is 3. The minimum atomic E-state index is -0.470. The van der Waals surface area contributed by atoms with Crippen LogP contribution in [0.4, 0.5) is 4.79 Å². The number of carbonyl (C=O) groups excluding carboxylic acids is 1. The van der Waals surface area contributed by atoms with Gasteiger partial charge in [0, 0.05) is 38.2 Å². The van der Waals surface area contributed by atoms with Gasteiger partial charge in [0.15, 0.2) is 5.65 Å². The molecule has 0 N–H and O–H groups in total. The van der Waals surface area contributed by atoms with Crippen LogP contribution in [0, 0.1) is 0 Å². The van der Waals surface area contributed by atoms with E-state index >= 15 is 0 Å². The second-order valence-corrected chi connectivity index (χ2v) is 7.67. The molecule has 2 aromatic heterocycles. The number of ether oxygens (including phenoxy) is 2. The largest absolute Gasteiger partial charge is 0.474 e. The summed E-state index contributed by atoms with van der Waals surface area (Å²) in [5.74, 6) is 0.569. The van der Waals surface area contributed by atoms with Gasteiger partial charge in [-0.05, 0) is 36.7 Å². The van der Waals surface area contributed by atoms with Crippen molar-refractivity contribution in [1.29, 1.82) is 0 Å². The van der Waals surface area contributed by atoms with Crippen molar-refractivity contribution in [2.45, 2.75) is 45.3 Å². The maximum Gasteiger partial charge on any atom is 0.410 e. The molecule has 1 aliphatic heterocycles. The Hall–Kier alpha value is -1.83. The Bertz CT molecular complexity index is 732. The second kappa shape index (κ2) is 6.58. The lowest BCUT2D eigenvalue weighted by atomic mass is 10.1. The highest BCUT2D eigenvalue weighted by atomic mass is 79.9. The molecule has 3 heterocycles. The van der Waals surface area contributed by atoms with Gasteiger partial charge in [-0.15, -0.1) is 0 Å². The summed E-state index contributed by atoms with van der Waals surface area (Å²) in [6.07, 6.45) is 4.81. The number of rotatable bonds is 2. The van der Waals surface area contributed by atoms with Crippen molar-refractivity contribution in [1.82, 2.24) is 19.5 Å². The van der Waals surface area contributed by atoms with Crippen LogP contribution in [0.3, 0.4) is 0 Å². The minimum absolute atomic E-state index is 0.0420. The fourth-order valence-corrected chi connectivity index (χ4v) is 2.91. The summed E-state index contributed by atoms with van der Waals surface area (Å²) in [6.45, 7) is 6.86. The Morgan fingerprint density at radius 2 is 2.04 bits per heavy atom. The minimum Gasteiger partial charge on any atom is -0.474 e. The third-order valence-corrected chi connectivity index (χ3v) is 4.24. The van der Waals surface area contributed by atoms with Gasteiger partial charge < -0.3 is 14.4 Å². The Labute approximate surface area is 149 Å². The van der Waals surface area contributed by atoms with Crippen LogP contribution in [0.5, 0.6) is 5.88 Å². The number of piperidine rings is 1. The van der Waals surface area contributed by atoms with E-state index in [2.05, 4.69) is 26.0 Å². The molecule has 1 amide bonds. The van der Waals surface area contributed by atoms with Gasteiger partial charge in [-0.1, -0.05) is 0 Å². The summed E-state index contributed by atoms with van der Waals surface area (Å²) < 4.78 is 13.9. The molecular formula is C16H21BrN4O3. The monoisotopic (exact) mass is 396 g/mol. The van der Waals surface area contributed by atoms with Crippen molar-refractivity contribution in [2.75, 3.05) is 13.1 Å². The lowest BCUT2D eigenvalue weighted by Gasteiger charge is -2.33. The molecule has 0 aromatic carbocycles. The smallest absolute Gasteiger partial charge is 0.410 e. The van der Waals surface area contributed by atoms with Gasteiger partial charge in [0.25, 0.3) is 0 Å². The first kappa shape index (κ1) is 17.0. The quantitative estimate of drug-likeness (QED) is 0.778. The summed E-state index contributed by atoms with van der Waals surface area (Å²) in [4.78, 5) is 18.3. The second-order valence-electron chi connectivity index (χ2n) is 6.81. The van der Waals surface area contributed by atoms with Crippen LogP contribution < -0.4 is 4.74 Å². The van der Waals surface area contributed by atoms with Crippen LogP contribution in [-0.4, -0.2) is 50.4 Å². The molecule has 0 saturated carbocycles. The van der Waals surface area contributed by atoms with Crippen molar-refractivity contribution in [3.05, 3.63) is 22.9 Å². The van der Waals surface area contributed by atoms with Gasteiger partial charge in [0.1, 0.15) is 11.7 Å². The topological polar surface area (TPSA) is 69.0 Å². The van der Waals surface area contributed by atoms with Crippen LogP contribution in [0.15, 0.2) is 22.9 Å². The Balaban J connectivity index is 1.56. The molecule has 1 aliphatic rings. The summed E-state index contributed by atoms with van der Waals surface area (Å²) in [5, 5.41) is 4.16. The molecule has 130 valence electrons. The number of amides is 1. The highest BCUT2D eigenvalue weighted by Gasteiger charge is 2.27. The first-order valence-electron chi connectivity index (χ1n) is 7.96. The molecule has 0 atom stereocenters. The average Bonchev–Trinajstić information content (AvgIpc) is 2.87. The van der Waals surface area contributed by atoms with Gasteiger partial charge in [-0.2, -0.15) is 10.1 Å². The Morgan fingerprint density at radius 1 is 1.33 bits per heavy atom. The van der Waals surface area contributed by atoms with Gasteiger partial charge in [0.2, 0.25) is 5.88 Å². The van der Waals surface area contributed by atoms with Gasteiger partial charge in [-0.25, -0.2) is 9.31 Å². The van der Waals surface area contributed by atoms with E-state index in [9.17, 15) is 4.79 Å². The SMILES string of the molecule is CC(C)(C)OC(=O)N1CCC(Oc2ccn3ncc(Br)c3n2)CC1. The zero-order valence-corrected chi connectivity index (χ0v) is 15.6. The van der Waals surface area contributed by atoms with Crippen molar-refractivity contribution in [2.24, 2.45) is 0 Å². The third kappa shape index (κ3) is 3.98. The molecule has 2 aromatic rings. The normalized spacial score (nSPS) is 16.4. The van der Waals surface area contributed by atoms with Gasteiger partial charge in [-0.3, -0.25) is 0 Å². The predicted octanol–water partition coefficient (Wildman–Crippen LogP) is 3.27. The van der Waals surface area contributed by atoms with Crippen molar-refractivity contribution < 1.29 is 14.3 Å². The zero-order chi connectivity index (χ0) is 17.3. The highest BCUT2D eigenvalue weighted by Crippen LogP contribution is 2.22. The van der Waals surface area contributed by atoms with E-state index in [4.69, 9.17) is 9.47 Å².